The molecule has 2 unspecified atom stereocenters. The van der Waals surface area contributed by atoms with E-state index in [-0.39, 0.29) is 11.4 Å². The molecule has 0 radical (unpaired) electrons. The molecule has 1 aliphatic rings. The van der Waals surface area contributed by atoms with E-state index in [9.17, 15) is 0 Å². The Hall–Kier alpha value is -1.49. The summed E-state index contributed by atoms with van der Waals surface area (Å²) in [5.74, 6) is 0.914. The zero-order valence-electron chi connectivity index (χ0n) is 12.7. The zero-order chi connectivity index (χ0) is 15.2. The van der Waals surface area contributed by atoms with E-state index in [4.69, 9.17) is 9.47 Å². The predicted octanol–water partition coefficient (Wildman–Crippen LogP) is 3.52. The molecular weight excluding hydrogens is 294 g/mol. The lowest BCUT2D eigenvalue weighted by Gasteiger charge is -2.31. The minimum atomic E-state index is 0.158. The number of benzene rings is 2. The van der Waals surface area contributed by atoms with Gasteiger partial charge in [-0.15, -0.1) is 11.8 Å². The molecule has 116 valence electrons. The Balaban J connectivity index is 1.88. The largest absolute Gasteiger partial charge is 0.496 e. The molecule has 2 aromatic carbocycles. The van der Waals surface area contributed by atoms with Gasteiger partial charge < -0.3 is 14.8 Å². The molecule has 2 atom stereocenters. The van der Waals surface area contributed by atoms with Crippen molar-refractivity contribution in [2.75, 3.05) is 26.8 Å². The molecular formula is C18H21NO2S. The number of hydrogen-bond acceptors (Lipinski definition) is 4. The molecule has 0 aliphatic carbocycles. The molecule has 3 rings (SSSR count). The Morgan fingerprint density at radius 2 is 1.91 bits per heavy atom. The molecule has 0 aromatic heterocycles. The molecule has 1 N–H and O–H groups in total. The van der Waals surface area contributed by atoms with E-state index in [1.807, 2.05) is 36.0 Å². The Morgan fingerprint density at radius 3 is 2.64 bits per heavy atom. The van der Waals surface area contributed by atoms with Crippen LogP contribution in [0.5, 0.6) is 5.75 Å². The highest BCUT2D eigenvalue weighted by molar-refractivity contribution is 7.99. The van der Waals surface area contributed by atoms with E-state index < -0.39 is 0 Å². The minimum absolute atomic E-state index is 0.158. The van der Waals surface area contributed by atoms with Crippen LogP contribution in [0.3, 0.4) is 0 Å². The topological polar surface area (TPSA) is 30.5 Å². The second-order valence-electron chi connectivity index (χ2n) is 5.21. The lowest BCUT2D eigenvalue weighted by molar-refractivity contribution is 0.0273. The Bertz CT molecular complexity index is 585. The number of para-hydroxylation sites is 1. The minimum Gasteiger partial charge on any atom is -0.496 e. The number of thioether (sulfide) groups is 1. The Labute approximate surface area is 136 Å². The molecule has 1 aliphatic heterocycles. The second kappa shape index (κ2) is 7.68. The van der Waals surface area contributed by atoms with Gasteiger partial charge in [0.2, 0.25) is 0 Å². The van der Waals surface area contributed by atoms with Crippen LogP contribution in [0.25, 0.3) is 0 Å². The number of rotatable bonds is 5. The molecule has 4 heteroatoms. The number of morpholine rings is 1. The SMILES string of the molecule is COc1ccccc1SC(c1ccccc1)C1CNCCO1. The summed E-state index contributed by atoms with van der Waals surface area (Å²) < 4.78 is 11.5. The first-order valence-corrected chi connectivity index (χ1v) is 8.43. The standard InChI is InChI=1S/C18H21NO2S/c1-20-15-9-5-6-10-17(15)22-18(14-7-3-2-4-8-14)16-13-19-11-12-21-16/h2-10,16,18-19H,11-13H2,1H3. The van der Waals surface area contributed by atoms with E-state index in [1.54, 1.807) is 7.11 Å². The van der Waals surface area contributed by atoms with Gasteiger partial charge in [-0.2, -0.15) is 0 Å². The van der Waals surface area contributed by atoms with Gasteiger partial charge in [0.1, 0.15) is 5.75 Å². The maximum atomic E-state index is 6.02. The summed E-state index contributed by atoms with van der Waals surface area (Å²) >= 11 is 1.81. The first kappa shape index (κ1) is 15.4. The average molecular weight is 315 g/mol. The molecule has 0 bridgehead atoms. The summed E-state index contributed by atoms with van der Waals surface area (Å²) in [4.78, 5) is 1.15. The van der Waals surface area contributed by atoms with Crippen molar-refractivity contribution in [1.29, 1.82) is 0 Å². The molecule has 1 fully saturated rings. The van der Waals surface area contributed by atoms with E-state index in [2.05, 4.69) is 35.6 Å². The quantitative estimate of drug-likeness (QED) is 0.855. The van der Waals surface area contributed by atoms with Gasteiger partial charge in [0.05, 0.1) is 30.0 Å². The Kier molecular flexibility index (Phi) is 5.38. The molecule has 0 saturated carbocycles. The van der Waals surface area contributed by atoms with E-state index >= 15 is 0 Å². The van der Waals surface area contributed by atoms with Crippen molar-refractivity contribution in [3.05, 3.63) is 60.2 Å². The summed E-state index contributed by atoms with van der Waals surface area (Å²) in [6.45, 7) is 2.57. The van der Waals surface area contributed by atoms with Crippen molar-refractivity contribution < 1.29 is 9.47 Å². The zero-order valence-corrected chi connectivity index (χ0v) is 13.5. The summed E-state index contributed by atoms with van der Waals surface area (Å²) in [5, 5.41) is 3.67. The monoisotopic (exact) mass is 315 g/mol. The van der Waals surface area contributed by atoms with Crippen LogP contribution in [-0.4, -0.2) is 32.9 Å². The smallest absolute Gasteiger partial charge is 0.132 e. The third-order valence-corrected chi connectivity index (χ3v) is 5.17. The van der Waals surface area contributed by atoms with Crippen LogP contribution in [0.4, 0.5) is 0 Å². The van der Waals surface area contributed by atoms with E-state index in [1.165, 1.54) is 5.56 Å². The van der Waals surface area contributed by atoms with Gasteiger partial charge in [-0.1, -0.05) is 42.5 Å². The molecule has 1 heterocycles. The molecule has 0 amide bonds. The maximum absolute atomic E-state index is 6.02. The number of methoxy groups -OCH3 is 1. The van der Waals surface area contributed by atoms with Crippen molar-refractivity contribution in [3.8, 4) is 5.75 Å². The van der Waals surface area contributed by atoms with Crippen molar-refractivity contribution in [1.82, 2.24) is 5.32 Å². The molecule has 3 nitrogen and oxygen atoms in total. The van der Waals surface area contributed by atoms with Crippen LogP contribution in [0.15, 0.2) is 59.5 Å². The second-order valence-corrected chi connectivity index (χ2v) is 6.40. The van der Waals surface area contributed by atoms with Gasteiger partial charge in [-0.3, -0.25) is 0 Å². The van der Waals surface area contributed by atoms with Gasteiger partial charge in [0, 0.05) is 13.1 Å². The van der Waals surface area contributed by atoms with Gasteiger partial charge in [0.15, 0.2) is 0 Å². The number of ether oxygens (including phenoxy) is 2. The van der Waals surface area contributed by atoms with Crippen molar-refractivity contribution in [3.63, 3.8) is 0 Å². The summed E-state index contributed by atoms with van der Waals surface area (Å²) in [7, 11) is 1.72. The highest BCUT2D eigenvalue weighted by Crippen LogP contribution is 2.42. The lowest BCUT2D eigenvalue weighted by Crippen LogP contribution is -2.41. The van der Waals surface area contributed by atoms with Crippen LogP contribution in [-0.2, 0) is 4.74 Å². The lowest BCUT2D eigenvalue weighted by atomic mass is 10.1. The third kappa shape index (κ3) is 3.64. The Morgan fingerprint density at radius 1 is 1.14 bits per heavy atom. The first-order chi connectivity index (χ1) is 10.9. The van der Waals surface area contributed by atoms with E-state index in [0.717, 1.165) is 30.3 Å². The molecule has 2 aromatic rings. The van der Waals surface area contributed by atoms with Gasteiger partial charge in [-0.05, 0) is 17.7 Å². The normalized spacial score (nSPS) is 19.6. The van der Waals surface area contributed by atoms with Crippen LogP contribution < -0.4 is 10.1 Å². The fourth-order valence-electron chi connectivity index (χ4n) is 2.63. The van der Waals surface area contributed by atoms with Crippen molar-refractivity contribution >= 4 is 11.8 Å². The van der Waals surface area contributed by atoms with Crippen LogP contribution in [0, 0.1) is 0 Å². The average Bonchev–Trinajstić information content (AvgIpc) is 2.61. The maximum Gasteiger partial charge on any atom is 0.132 e. The van der Waals surface area contributed by atoms with Crippen LogP contribution in [0.1, 0.15) is 10.8 Å². The summed E-state index contributed by atoms with van der Waals surface area (Å²) in [5.41, 5.74) is 1.28. The first-order valence-electron chi connectivity index (χ1n) is 7.55. The molecule has 0 spiro atoms. The van der Waals surface area contributed by atoms with Crippen molar-refractivity contribution in [2.24, 2.45) is 0 Å². The van der Waals surface area contributed by atoms with Gasteiger partial charge >= 0.3 is 0 Å². The fraction of sp³-hybridized carbons (Fsp3) is 0.333. The fourth-order valence-corrected chi connectivity index (χ4v) is 3.95. The van der Waals surface area contributed by atoms with E-state index in [0.29, 0.717) is 0 Å². The van der Waals surface area contributed by atoms with Crippen LogP contribution in [0.2, 0.25) is 0 Å². The number of nitrogens with one attached hydrogen (secondary N) is 1. The molecule has 22 heavy (non-hydrogen) atoms. The highest BCUT2D eigenvalue weighted by Gasteiger charge is 2.27. The van der Waals surface area contributed by atoms with Gasteiger partial charge in [-0.25, -0.2) is 0 Å². The third-order valence-electron chi connectivity index (χ3n) is 3.75. The highest BCUT2D eigenvalue weighted by atomic mass is 32.2. The summed E-state index contributed by atoms with van der Waals surface area (Å²) in [6.07, 6.45) is 0.158. The predicted molar refractivity (Wildman–Crippen MR) is 90.6 cm³/mol. The van der Waals surface area contributed by atoms with Crippen LogP contribution >= 0.6 is 11.8 Å². The molecule has 1 saturated heterocycles. The van der Waals surface area contributed by atoms with Gasteiger partial charge in [0.25, 0.3) is 0 Å². The number of hydrogen-bond donors (Lipinski definition) is 1. The van der Waals surface area contributed by atoms with Crippen molar-refractivity contribution in [2.45, 2.75) is 16.2 Å². The summed E-state index contributed by atoms with van der Waals surface area (Å²) in [6, 6.07) is 18.7.